The van der Waals surface area contributed by atoms with Gasteiger partial charge in [0.1, 0.15) is 6.04 Å². The first-order chi connectivity index (χ1) is 9.86. The van der Waals surface area contributed by atoms with E-state index in [4.69, 9.17) is 5.11 Å². The monoisotopic (exact) mass is 301 g/mol. The van der Waals surface area contributed by atoms with Gasteiger partial charge in [0.05, 0.1) is 7.11 Å². The average Bonchev–Trinajstić information content (AvgIpc) is 2.79. The van der Waals surface area contributed by atoms with Crippen LogP contribution in [0.3, 0.4) is 0 Å². The molecule has 1 fully saturated rings. The molecule has 1 heterocycles. The number of nitrogens with zero attached hydrogens (tertiary/aromatic N) is 1. The van der Waals surface area contributed by atoms with Crippen LogP contribution in [0.15, 0.2) is 18.2 Å². The van der Waals surface area contributed by atoms with Gasteiger partial charge in [-0.2, -0.15) is 0 Å². The molecular formula is C12H9F2NO6. The molecule has 0 aromatic heterocycles. The van der Waals surface area contributed by atoms with E-state index in [1.165, 1.54) is 0 Å². The van der Waals surface area contributed by atoms with Crippen LogP contribution in [-0.4, -0.2) is 41.4 Å². The zero-order chi connectivity index (χ0) is 15.7. The number of carboxylic acids is 1. The lowest BCUT2D eigenvalue weighted by Crippen LogP contribution is -2.37. The molecule has 1 N–H and O–H groups in total. The van der Waals surface area contributed by atoms with Gasteiger partial charge in [-0.1, -0.05) is 6.07 Å². The van der Waals surface area contributed by atoms with Crippen LogP contribution in [0.2, 0.25) is 0 Å². The Balaban J connectivity index is 2.51. The minimum Gasteiger partial charge on any atom is -0.478 e. The lowest BCUT2D eigenvalue weighted by atomic mass is 10.0. The van der Waals surface area contributed by atoms with Gasteiger partial charge in [-0.15, -0.1) is 0 Å². The Morgan fingerprint density at radius 2 is 2.00 bits per heavy atom. The van der Waals surface area contributed by atoms with Crippen LogP contribution in [-0.2, 0) is 14.3 Å². The maximum absolute atomic E-state index is 13.3. The third-order valence-corrected chi connectivity index (χ3v) is 2.89. The van der Waals surface area contributed by atoms with E-state index in [2.05, 4.69) is 9.47 Å². The molecule has 9 heteroatoms. The van der Waals surface area contributed by atoms with E-state index in [1.54, 1.807) is 0 Å². The maximum atomic E-state index is 13.3. The number of imide groups is 1. The Labute approximate surface area is 116 Å². The molecule has 2 amide bonds. The highest BCUT2D eigenvalue weighted by Gasteiger charge is 2.50. The maximum Gasteiger partial charge on any atom is 0.420 e. The molecule has 1 aromatic carbocycles. The number of methoxy groups -OCH3 is 1. The minimum atomic E-state index is -1.75. The van der Waals surface area contributed by atoms with E-state index in [0.29, 0.717) is 11.0 Å². The van der Waals surface area contributed by atoms with Crippen molar-refractivity contribution in [3.05, 3.63) is 35.4 Å². The molecule has 2 atom stereocenters. The van der Waals surface area contributed by atoms with Gasteiger partial charge in [-0.25, -0.2) is 28.1 Å². The molecule has 1 aliphatic rings. The number of carbonyl (C=O) groups is 3. The average molecular weight is 301 g/mol. The number of hydrogen-bond acceptors (Lipinski definition) is 5. The highest BCUT2D eigenvalue weighted by Crippen LogP contribution is 2.34. The summed E-state index contributed by atoms with van der Waals surface area (Å²) in [5, 5.41) is 9.04. The van der Waals surface area contributed by atoms with Gasteiger partial charge >= 0.3 is 18.2 Å². The van der Waals surface area contributed by atoms with Crippen LogP contribution >= 0.6 is 0 Å². The summed E-state index contributed by atoms with van der Waals surface area (Å²) in [4.78, 5) is 34.7. The topological polar surface area (TPSA) is 93.1 Å². The van der Waals surface area contributed by atoms with Gasteiger partial charge in [-0.3, -0.25) is 0 Å². The normalized spacial score (nSPS) is 21.1. The highest BCUT2D eigenvalue weighted by atomic mass is 19.2. The van der Waals surface area contributed by atoms with E-state index in [1.807, 2.05) is 0 Å². The van der Waals surface area contributed by atoms with Crippen molar-refractivity contribution >= 4 is 18.2 Å². The molecule has 0 bridgehead atoms. The Bertz CT molecular complexity index is 620. The summed E-state index contributed by atoms with van der Waals surface area (Å²) in [6.45, 7) is 0. The zero-order valence-corrected chi connectivity index (χ0v) is 10.6. The smallest absolute Gasteiger partial charge is 0.420 e. The Morgan fingerprint density at radius 3 is 2.52 bits per heavy atom. The number of halogens is 2. The summed E-state index contributed by atoms with van der Waals surface area (Å²) in [7, 11) is 0.978. The first kappa shape index (κ1) is 14.7. The van der Waals surface area contributed by atoms with Crippen LogP contribution in [0, 0.1) is 11.6 Å². The fraction of sp³-hybridized carbons (Fsp3) is 0.250. The molecule has 0 radical (unpaired) electrons. The Hall–Kier alpha value is -2.71. The second-order valence-electron chi connectivity index (χ2n) is 4.10. The van der Waals surface area contributed by atoms with Crippen LogP contribution in [0.5, 0.6) is 0 Å². The predicted molar refractivity (Wildman–Crippen MR) is 61.2 cm³/mol. The SMILES string of the molecule is COC(=O)N1C(=O)O[C@@H](C(=O)O)[C@@H]1c1ccc(F)c(F)c1. The number of rotatable bonds is 2. The zero-order valence-electron chi connectivity index (χ0n) is 10.6. The second-order valence-corrected chi connectivity index (χ2v) is 4.10. The van der Waals surface area contributed by atoms with Gasteiger partial charge in [0, 0.05) is 0 Å². The van der Waals surface area contributed by atoms with Crippen LogP contribution in [0.4, 0.5) is 18.4 Å². The van der Waals surface area contributed by atoms with E-state index in [0.717, 1.165) is 19.2 Å². The van der Waals surface area contributed by atoms with E-state index in [-0.39, 0.29) is 5.56 Å². The van der Waals surface area contributed by atoms with Crippen molar-refractivity contribution in [2.75, 3.05) is 7.11 Å². The van der Waals surface area contributed by atoms with Crippen LogP contribution in [0.25, 0.3) is 0 Å². The van der Waals surface area contributed by atoms with Crippen molar-refractivity contribution in [1.82, 2.24) is 4.90 Å². The largest absolute Gasteiger partial charge is 0.478 e. The van der Waals surface area contributed by atoms with E-state index >= 15 is 0 Å². The summed E-state index contributed by atoms with van der Waals surface area (Å²) in [5.41, 5.74) is -0.113. The third-order valence-electron chi connectivity index (χ3n) is 2.89. The van der Waals surface area contributed by atoms with Crippen molar-refractivity contribution in [3.63, 3.8) is 0 Å². The summed E-state index contributed by atoms with van der Waals surface area (Å²) in [6.07, 6.45) is -4.16. The number of ether oxygens (including phenoxy) is 2. The molecule has 7 nitrogen and oxygen atoms in total. The minimum absolute atomic E-state index is 0.113. The highest BCUT2D eigenvalue weighted by molar-refractivity contribution is 5.93. The van der Waals surface area contributed by atoms with Crippen molar-refractivity contribution in [2.24, 2.45) is 0 Å². The number of benzene rings is 1. The molecule has 1 aliphatic heterocycles. The summed E-state index contributed by atoms with van der Waals surface area (Å²) in [6, 6.07) is 1.03. The Morgan fingerprint density at radius 1 is 1.33 bits per heavy atom. The molecule has 0 saturated carbocycles. The lowest BCUT2D eigenvalue weighted by molar-refractivity contribution is -0.146. The molecule has 1 saturated heterocycles. The van der Waals surface area contributed by atoms with E-state index < -0.39 is 41.9 Å². The molecule has 1 aromatic rings. The molecule has 21 heavy (non-hydrogen) atoms. The Kier molecular flexibility index (Phi) is 3.74. The third kappa shape index (κ3) is 2.49. The first-order valence-electron chi connectivity index (χ1n) is 5.62. The van der Waals surface area contributed by atoms with Crippen molar-refractivity contribution in [3.8, 4) is 0 Å². The summed E-state index contributed by atoms with van der Waals surface area (Å²) in [5.74, 6) is -3.94. The summed E-state index contributed by atoms with van der Waals surface area (Å²) < 4.78 is 35.2. The van der Waals surface area contributed by atoms with Gasteiger partial charge in [0.2, 0.25) is 6.10 Å². The second kappa shape index (κ2) is 5.35. The van der Waals surface area contributed by atoms with Crippen molar-refractivity contribution in [1.29, 1.82) is 0 Å². The lowest BCUT2D eigenvalue weighted by Gasteiger charge is -2.20. The molecule has 0 aliphatic carbocycles. The molecule has 112 valence electrons. The van der Waals surface area contributed by atoms with Gasteiger partial charge in [0.25, 0.3) is 0 Å². The number of hydrogen-bond donors (Lipinski definition) is 1. The fourth-order valence-electron chi connectivity index (χ4n) is 1.97. The number of cyclic esters (lactones) is 1. The summed E-state index contributed by atoms with van der Waals surface area (Å²) >= 11 is 0. The van der Waals surface area contributed by atoms with Crippen LogP contribution < -0.4 is 0 Å². The molecule has 0 unspecified atom stereocenters. The molecular weight excluding hydrogens is 292 g/mol. The first-order valence-corrected chi connectivity index (χ1v) is 5.62. The predicted octanol–water partition coefficient (Wildman–Crippen LogP) is 1.68. The van der Waals surface area contributed by atoms with Gasteiger partial charge in [0.15, 0.2) is 11.6 Å². The van der Waals surface area contributed by atoms with Crippen LogP contribution in [0.1, 0.15) is 11.6 Å². The number of carboxylic acid groups (broad SMARTS) is 1. The number of carbonyl (C=O) groups excluding carboxylic acids is 2. The number of amides is 2. The molecule has 0 spiro atoms. The van der Waals surface area contributed by atoms with Gasteiger partial charge < -0.3 is 14.6 Å². The molecule has 2 rings (SSSR count). The van der Waals surface area contributed by atoms with Crippen molar-refractivity contribution < 1.29 is 37.7 Å². The standard InChI is InChI=1S/C12H9F2NO6/c1-20-11(18)15-8(9(10(16)17)21-12(15)19)5-2-3-6(13)7(14)4-5/h2-4,8-9H,1H3,(H,16,17)/t8-,9+/m0/s1. The number of aliphatic carboxylic acids is 1. The quantitative estimate of drug-likeness (QED) is 0.893. The van der Waals surface area contributed by atoms with E-state index in [9.17, 15) is 23.2 Å². The van der Waals surface area contributed by atoms with Crippen molar-refractivity contribution in [2.45, 2.75) is 12.1 Å². The van der Waals surface area contributed by atoms with Gasteiger partial charge in [-0.05, 0) is 17.7 Å². The fourth-order valence-corrected chi connectivity index (χ4v) is 1.97.